The molecule has 3 rings (SSSR count). The van der Waals surface area contributed by atoms with E-state index in [1.807, 2.05) is 24.4 Å². The maximum atomic E-state index is 12.3. The number of nitrogens with one attached hydrogen (secondary N) is 2. The summed E-state index contributed by atoms with van der Waals surface area (Å²) < 4.78 is 25.5. The van der Waals surface area contributed by atoms with E-state index in [9.17, 15) is 18.0 Å². The molecule has 170 valence electrons. The van der Waals surface area contributed by atoms with E-state index < -0.39 is 15.9 Å². The number of aromatic nitrogens is 1. The quantitative estimate of drug-likeness (QED) is 0.477. The fourth-order valence-corrected chi connectivity index (χ4v) is 5.39. The van der Waals surface area contributed by atoms with E-state index >= 15 is 0 Å². The van der Waals surface area contributed by atoms with Crippen LogP contribution in [-0.4, -0.2) is 56.7 Å². The molecule has 1 aromatic carbocycles. The van der Waals surface area contributed by atoms with Gasteiger partial charge in [-0.15, -0.1) is 22.7 Å². The smallest absolute Gasteiger partial charge is 0.251 e. The normalized spacial score (nSPS) is 11.5. The SMILES string of the molecule is Cc1nc(-c2ccc(CCNC(=O)CNC(=O)c3cccc(S(=O)(=O)N(C)C)c3)s2)cs1. The fraction of sp³-hybridized carbons (Fsp3) is 0.286. The Morgan fingerprint density at radius 2 is 1.91 bits per heavy atom. The second-order valence-corrected chi connectivity index (χ2v) is 11.5. The van der Waals surface area contributed by atoms with Gasteiger partial charge in [0.1, 0.15) is 0 Å². The van der Waals surface area contributed by atoms with Crippen LogP contribution in [0.15, 0.2) is 46.7 Å². The third-order valence-corrected chi connectivity index (χ3v) is 8.26. The van der Waals surface area contributed by atoms with E-state index in [1.165, 1.54) is 38.4 Å². The predicted octanol–water partition coefficient (Wildman–Crippen LogP) is 2.52. The minimum atomic E-state index is -3.65. The first-order valence-corrected chi connectivity index (χ1v) is 12.9. The molecule has 0 saturated heterocycles. The van der Waals surface area contributed by atoms with Crippen LogP contribution in [0.4, 0.5) is 0 Å². The van der Waals surface area contributed by atoms with Gasteiger partial charge in [0, 0.05) is 36.5 Å². The second-order valence-electron chi connectivity index (χ2n) is 7.12. The third kappa shape index (κ3) is 6.00. The first-order valence-electron chi connectivity index (χ1n) is 9.75. The molecule has 0 aliphatic heterocycles. The van der Waals surface area contributed by atoms with Crippen molar-refractivity contribution in [3.05, 3.63) is 57.2 Å². The number of carbonyl (C=O) groups excluding carboxylic acids is 2. The van der Waals surface area contributed by atoms with Gasteiger partial charge in [-0.2, -0.15) is 0 Å². The summed E-state index contributed by atoms with van der Waals surface area (Å²) in [6.45, 7) is 2.22. The number of nitrogens with zero attached hydrogens (tertiary/aromatic N) is 2. The average Bonchev–Trinajstić information content (AvgIpc) is 3.41. The Kier molecular flexibility index (Phi) is 7.77. The topological polar surface area (TPSA) is 108 Å². The van der Waals surface area contributed by atoms with Crippen LogP contribution in [0, 0.1) is 6.92 Å². The van der Waals surface area contributed by atoms with Crippen molar-refractivity contribution in [2.75, 3.05) is 27.2 Å². The molecular weight excluding hydrogens is 468 g/mol. The van der Waals surface area contributed by atoms with Gasteiger partial charge in [-0.05, 0) is 43.7 Å². The van der Waals surface area contributed by atoms with Gasteiger partial charge in [0.2, 0.25) is 15.9 Å². The lowest BCUT2D eigenvalue weighted by atomic mass is 10.2. The maximum Gasteiger partial charge on any atom is 0.251 e. The molecular formula is C21H24N4O4S3. The van der Waals surface area contributed by atoms with Crippen molar-refractivity contribution in [3.8, 4) is 10.6 Å². The molecule has 0 radical (unpaired) electrons. The van der Waals surface area contributed by atoms with Gasteiger partial charge < -0.3 is 10.6 Å². The van der Waals surface area contributed by atoms with Crippen molar-refractivity contribution < 1.29 is 18.0 Å². The Morgan fingerprint density at radius 3 is 2.59 bits per heavy atom. The lowest BCUT2D eigenvalue weighted by Gasteiger charge is -2.12. The minimum absolute atomic E-state index is 0.0164. The highest BCUT2D eigenvalue weighted by Crippen LogP contribution is 2.29. The number of thiophene rings is 1. The Bertz CT molecular complexity index is 1220. The maximum absolute atomic E-state index is 12.3. The van der Waals surface area contributed by atoms with Gasteiger partial charge in [0.15, 0.2) is 0 Å². The van der Waals surface area contributed by atoms with Crippen molar-refractivity contribution in [2.45, 2.75) is 18.2 Å². The van der Waals surface area contributed by atoms with E-state index in [1.54, 1.807) is 22.7 Å². The van der Waals surface area contributed by atoms with Crippen LogP contribution >= 0.6 is 22.7 Å². The monoisotopic (exact) mass is 492 g/mol. The highest BCUT2D eigenvalue weighted by atomic mass is 32.2. The Labute approximate surface area is 195 Å². The lowest BCUT2D eigenvalue weighted by Crippen LogP contribution is -2.37. The van der Waals surface area contributed by atoms with Crippen LogP contribution in [0.2, 0.25) is 0 Å². The van der Waals surface area contributed by atoms with Gasteiger partial charge in [-0.25, -0.2) is 17.7 Å². The Morgan fingerprint density at radius 1 is 1.12 bits per heavy atom. The first kappa shape index (κ1) is 24.1. The number of carbonyl (C=O) groups is 2. The van der Waals surface area contributed by atoms with Gasteiger partial charge in [0.25, 0.3) is 5.91 Å². The number of aryl methyl sites for hydroxylation is 1. The molecule has 8 nitrogen and oxygen atoms in total. The van der Waals surface area contributed by atoms with E-state index in [0.717, 1.165) is 24.8 Å². The molecule has 0 bridgehead atoms. The summed E-state index contributed by atoms with van der Waals surface area (Å²) >= 11 is 3.25. The number of hydrogen-bond donors (Lipinski definition) is 2. The summed E-state index contributed by atoms with van der Waals surface area (Å²) in [6.07, 6.45) is 0.678. The first-order chi connectivity index (χ1) is 15.2. The number of amides is 2. The van der Waals surface area contributed by atoms with Crippen molar-refractivity contribution >= 4 is 44.5 Å². The number of sulfonamides is 1. The van der Waals surface area contributed by atoms with Crippen LogP contribution in [0.5, 0.6) is 0 Å². The van der Waals surface area contributed by atoms with Gasteiger partial charge in [0.05, 0.1) is 27.0 Å². The van der Waals surface area contributed by atoms with Crippen LogP contribution in [0.1, 0.15) is 20.2 Å². The van der Waals surface area contributed by atoms with Gasteiger partial charge in [-0.1, -0.05) is 6.07 Å². The van der Waals surface area contributed by atoms with Gasteiger partial charge >= 0.3 is 0 Å². The van der Waals surface area contributed by atoms with E-state index in [2.05, 4.69) is 15.6 Å². The zero-order valence-corrected chi connectivity index (χ0v) is 20.4. The van der Waals surface area contributed by atoms with Gasteiger partial charge in [-0.3, -0.25) is 9.59 Å². The van der Waals surface area contributed by atoms with Crippen molar-refractivity contribution in [3.63, 3.8) is 0 Å². The summed E-state index contributed by atoms with van der Waals surface area (Å²) in [5.74, 6) is -0.834. The molecule has 2 amide bonds. The summed E-state index contributed by atoms with van der Waals surface area (Å²) in [5, 5.41) is 8.35. The highest BCUT2D eigenvalue weighted by molar-refractivity contribution is 7.89. The van der Waals surface area contributed by atoms with Crippen LogP contribution in [0.3, 0.4) is 0 Å². The average molecular weight is 493 g/mol. The summed E-state index contributed by atoms with van der Waals surface area (Å²) in [6, 6.07) is 9.76. The zero-order valence-electron chi connectivity index (χ0n) is 17.9. The largest absolute Gasteiger partial charge is 0.354 e. The van der Waals surface area contributed by atoms with Crippen molar-refractivity contribution in [1.29, 1.82) is 0 Å². The van der Waals surface area contributed by atoms with Crippen LogP contribution < -0.4 is 10.6 Å². The molecule has 2 N–H and O–H groups in total. The lowest BCUT2D eigenvalue weighted by molar-refractivity contribution is -0.120. The fourth-order valence-electron chi connectivity index (χ4n) is 2.79. The molecule has 0 unspecified atom stereocenters. The molecule has 32 heavy (non-hydrogen) atoms. The zero-order chi connectivity index (χ0) is 23.3. The third-order valence-electron chi connectivity index (χ3n) is 4.51. The molecule has 0 aliphatic rings. The van der Waals surface area contributed by atoms with E-state index in [-0.39, 0.29) is 22.9 Å². The molecule has 0 spiro atoms. The predicted molar refractivity (Wildman–Crippen MR) is 127 cm³/mol. The molecule has 0 aliphatic carbocycles. The van der Waals surface area contributed by atoms with Crippen LogP contribution in [0.25, 0.3) is 10.6 Å². The highest BCUT2D eigenvalue weighted by Gasteiger charge is 2.19. The molecule has 0 fully saturated rings. The van der Waals surface area contributed by atoms with E-state index in [4.69, 9.17) is 0 Å². The Hall–Kier alpha value is -2.60. The number of thiazole rings is 1. The second kappa shape index (κ2) is 10.3. The standard InChI is InChI=1S/C21H24N4O4S3/c1-14-24-18(13-30-14)19-8-7-16(31-19)9-10-22-20(26)12-23-21(27)15-5-4-6-17(11-15)32(28,29)25(2)3/h4-8,11,13H,9-10,12H2,1-3H3,(H,22,26)(H,23,27). The summed E-state index contributed by atoms with van der Waals surface area (Å²) in [4.78, 5) is 31.1. The molecule has 0 atom stereocenters. The summed E-state index contributed by atoms with van der Waals surface area (Å²) in [7, 11) is -0.806. The van der Waals surface area contributed by atoms with Crippen molar-refractivity contribution in [2.24, 2.45) is 0 Å². The van der Waals surface area contributed by atoms with E-state index in [0.29, 0.717) is 13.0 Å². The number of hydrogen-bond acceptors (Lipinski definition) is 7. The van der Waals surface area contributed by atoms with Crippen molar-refractivity contribution in [1.82, 2.24) is 19.9 Å². The Balaban J connectivity index is 1.46. The number of rotatable bonds is 9. The molecule has 0 saturated carbocycles. The minimum Gasteiger partial charge on any atom is -0.354 e. The molecule has 11 heteroatoms. The molecule has 3 aromatic rings. The van der Waals surface area contributed by atoms with Crippen LogP contribution in [-0.2, 0) is 21.2 Å². The summed E-state index contributed by atoms with van der Waals surface area (Å²) in [5.41, 5.74) is 1.14. The molecule has 2 heterocycles. The molecule has 2 aromatic heterocycles. The number of benzene rings is 1.